The Morgan fingerprint density at radius 2 is 0.903 bits per heavy atom. The van der Waals surface area contributed by atoms with E-state index in [9.17, 15) is 0 Å². The summed E-state index contributed by atoms with van der Waals surface area (Å²) in [6.45, 7) is 0. The fourth-order valence-electron chi connectivity index (χ4n) is 9.40. The first-order valence-corrected chi connectivity index (χ1v) is 21.4. The predicted octanol–water partition coefficient (Wildman–Crippen LogP) is 15.2. The summed E-state index contributed by atoms with van der Waals surface area (Å²) in [6, 6.07) is 71.8. The van der Waals surface area contributed by atoms with Gasteiger partial charge in [-0.15, -0.1) is 0 Å². The molecule has 0 spiro atoms. The minimum atomic E-state index is 0.703. The van der Waals surface area contributed by atoms with Crippen molar-refractivity contribution in [1.29, 1.82) is 0 Å². The number of rotatable bonds is 7. The molecule has 62 heavy (non-hydrogen) atoms. The Morgan fingerprint density at radius 1 is 0.355 bits per heavy atom. The molecule has 292 valence electrons. The Morgan fingerprint density at radius 3 is 1.61 bits per heavy atom. The fraction of sp³-hybridized carbons (Fsp3) is 0.0345. The summed E-state index contributed by atoms with van der Waals surface area (Å²) >= 11 is 0. The van der Waals surface area contributed by atoms with Crippen molar-refractivity contribution in [2.45, 2.75) is 12.8 Å². The number of allylic oxidation sites excluding steroid dienone is 4. The van der Waals surface area contributed by atoms with Crippen molar-refractivity contribution in [3.05, 3.63) is 218 Å². The van der Waals surface area contributed by atoms with E-state index in [0.717, 1.165) is 57.7 Å². The molecule has 1 aliphatic rings. The number of para-hydroxylation sites is 2. The van der Waals surface area contributed by atoms with Crippen LogP contribution in [0.3, 0.4) is 0 Å². The maximum atomic E-state index is 5.09. The van der Waals surface area contributed by atoms with Crippen LogP contribution in [0.25, 0.3) is 111 Å². The average molecular weight is 793 g/mol. The molecule has 0 amide bonds. The summed E-state index contributed by atoms with van der Waals surface area (Å²) in [5.74, 6) is 0.703. The van der Waals surface area contributed by atoms with E-state index in [-0.39, 0.29) is 0 Å². The molecule has 8 aromatic carbocycles. The van der Waals surface area contributed by atoms with Crippen LogP contribution in [0.15, 0.2) is 218 Å². The quantitative estimate of drug-likeness (QED) is 0.161. The van der Waals surface area contributed by atoms with Crippen molar-refractivity contribution in [2.24, 2.45) is 0 Å². The highest BCUT2D eigenvalue weighted by Gasteiger charge is 2.18. The van der Waals surface area contributed by atoms with Crippen molar-refractivity contribution in [1.82, 2.24) is 19.1 Å². The zero-order valence-corrected chi connectivity index (χ0v) is 34.0. The van der Waals surface area contributed by atoms with Crippen LogP contribution in [-0.2, 0) is 0 Å². The third-order valence-electron chi connectivity index (χ3n) is 12.4. The normalized spacial score (nSPS) is 12.7. The van der Waals surface area contributed by atoms with Crippen LogP contribution in [0.1, 0.15) is 12.8 Å². The molecule has 0 bridgehead atoms. The summed E-state index contributed by atoms with van der Waals surface area (Å²) in [6.07, 6.45) is 8.82. The topological polar surface area (TPSA) is 35.6 Å². The standard InChI is InChI=1S/C58H40N4/c1-4-15-40(16-5-1)52-38-53(41-17-6-2-7-18-41)60-58(59-52)45-20-14-19-42(35-45)39-27-31-47(32-28-39)61-55-26-13-11-24-49(55)51-36-43(30-34-56(51)61)44-29-33-50-48-23-10-12-25-54(48)62(57(50)37-44)46-21-8-3-9-22-46/h1-8,10-21,23-38H,9,22H2. The summed E-state index contributed by atoms with van der Waals surface area (Å²) < 4.78 is 4.87. The number of nitrogens with zero attached hydrogens (tertiary/aromatic N) is 4. The van der Waals surface area contributed by atoms with Gasteiger partial charge in [-0.1, -0.05) is 158 Å². The minimum Gasteiger partial charge on any atom is -0.313 e. The molecule has 0 saturated heterocycles. The van der Waals surface area contributed by atoms with Crippen molar-refractivity contribution >= 4 is 49.3 Å². The average Bonchev–Trinajstić information content (AvgIpc) is 3.87. The van der Waals surface area contributed by atoms with Gasteiger partial charge in [0.25, 0.3) is 0 Å². The Labute approximate surface area is 360 Å². The van der Waals surface area contributed by atoms with Crippen molar-refractivity contribution in [3.63, 3.8) is 0 Å². The number of hydrogen-bond donors (Lipinski definition) is 0. The van der Waals surface area contributed by atoms with Crippen LogP contribution in [0.5, 0.6) is 0 Å². The van der Waals surface area contributed by atoms with Gasteiger partial charge in [-0.2, -0.15) is 0 Å². The van der Waals surface area contributed by atoms with E-state index in [2.05, 4.69) is 215 Å². The molecule has 3 aromatic heterocycles. The second kappa shape index (κ2) is 14.9. The number of fused-ring (bicyclic) bond motifs is 6. The van der Waals surface area contributed by atoms with E-state index in [4.69, 9.17) is 9.97 Å². The monoisotopic (exact) mass is 792 g/mol. The number of aromatic nitrogens is 4. The van der Waals surface area contributed by atoms with Gasteiger partial charge in [0.2, 0.25) is 0 Å². The molecule has 11 aromatic rings. The maximum absolute atomic E-state index is 5.09. The lowest BCUT2D eigenvalue weighted by molar-refractivity contribution is 0.979. The van der Waals surface area contributed by atoms with Crippen LogP contribution < -0.4 is 0 Å². The third-order valence-corrected chi connectivity index (χ3v) is 12.4. The van der Waals surface area contributed by atoms with E-state index in [1.165, 1.54) is 60.4 Å². The highest BCUT2D eigenvalue weighted by Crippen LogP contribution is 2.39. The van der Waals surface area contributed by atoms with Crippen molar-refractivity contribution < 1.29 is 0 Å². The molecule has 0 unspecified atom stereocenters. The Hall–Kier alpha value is -8.08. The Balaban J connectivity index is 0.914. The number of hydrogen-bond acceptors (Lipinski definition) is 2. The number of benzene rings is 8. The van der Waals surface area contributed by atoms with Crippen LogP contribution in [-0.4, -0.2) is 19.1 Å². The van der Waals surface area contributed by atoms with E-state index in [1.807, 2.05) is 12.1 Å². The van der Waals surface area contributed by atoms with Gasteiger partial charge in [0.15, 0.2) is 5.82 Å². The first kappa shape index (κ1) is 35.8. The molecule has 0 radical (unpaired) electrons. The largest absolute Gasteiger partial charge is 0.313 e. The van der Waals surface area contributed by atoms with Gasteiger partial charge in [0.1, 0.15) is 0 Å². The lowest BCUT2D eigenvalue weighted by Gasteiger charge is -2.14. The van der Waals surface area contributed by atoms with Crippen LogP contribution in [0.4, 0.5) is 0 Å². The summed E-state index contributed by atoms with van der Waals surface area (Å²) in [5, 5.41) is 5.06. The van der Waals surface area contributed by atoms with Crippen molar-refractivity contribution in [2.75, 3.05) is 0 Å². The Kier molecular flexibility index (Phi) is 8.60. The molecule has 12 rings (SSSR count). The van der Waals surface area contributed by atoms with Gasteiger partial charge in [0, 0.05) is 49.6 Å². The molecule has 0 fully saturated rings. The van der Waals surface area contributed by atoms with E-state index in [0.29, 0.717) is 5.82 Å². The molecular weight excluding hydrogens is 753 g/mol. The van der Waals surface area contributed by atoms with E-state index in [1.54, 1.807) is 0 Å². The minimum absolute atomic E-state index is 0.703. The first-order valence-electron chi connectivity index (χ1n) is 21.4. The lowest BCUT2D eigenvalue weighted by Crippen LogP contribution is -1.98. The molecule has 0 N–H and O–H groups in total. The first-order chi connectivity index (χ1) is 30.7. The molecule has 4 nitrogen and oxygen atoms in total. The van der Waals surface area contributed by atoms with Gasteiger partial charge in [-0.3, -0.25) is 0 Å². The van der Waals surface area contributed by atoms with Gasteiger partial charge in [-0.25, -0.2) is 9.97 Å². The Bertz CT molecular complexity index is 3490. The maximum Gasteiger partial charge on any atom is 0.160 e. The molecule has 0 aliphatic heterocycles. The zero-order valence-electron chi connectivity index (χ0n) is 34.0. The molecule has 0 atom stereocenters. The predicted molar refractivity (Wildman–Crippen MR) is 259 cm³/mol. The van der Waals surface area contributed by atoms with E-state index < -0.39 is 0 Å². The molecule has 3 heterocycles. The van der Waals surface area contributed by atoms with Gasteiger partial charge < -0.3 is 9.13 Å². The highest BCUT2D eigenvalue weighted by atomic mass is 15.0. The third kappa shape index (κ3) is 6.15. The fourth-order valence-corrected chi connectivity index (χ4v) is 9.40. The SMILES string of the molecule is C1=CCCC(n2c3ccccc3c3ccc(-c4ccc5c(c4)c4ccccc4n5-c4ccc(-c5cccc(-c6nc(-c7ccccc7)cc(-c7ccccc7)n6)c5)cc4)cc32)=C1. The van der Waals surface area contributed by atoms with Gasteiger partial charge >= 0.3 is 0 Å². The lowest BCUT2D eigenvalue weighted by atomic mass is 10.0. The molecule has 4 heteroatoms. The molecule has 1 aliphatic carbocycles. The second-order valence-electron chi connectivity index (χ2n) is 16.1. The van der Waals surface area contributed by atoms with Gasteiger partial charge in [0.05, 0.1) is 33.5 Å². The summed E-state index contributed by atoms with van der Waals surface area (Å²) in [7, 11) is 0. The van der Waals surface area contributed by atoms with Gasteiger partial charge in [-0.05, 0) is 95.8 Å². The summed E-state index contributed by atoms with van der Waals surface area (Å²) in [5.41, 5.74) is 16.9. The van der Waals surface area contributed by atoms with Crippen molar-refractivity contribution in [3.8, 4) is 61.8 Å². The van der Waals surface area contributed by atoms with Crippen LogP contribution >= 0.6 is 0 Å². The summed E-state index contributed by atoms with van der Waals surface area (Å²) in [4.78, 5) is 10.2. The van der Waals surface area contributed by atoms with Crippen LogP contribution in [0.2, 0.25) is 0 Å². The molecular formula is C58H40N4. The smallest absolute Gasteiger partial charge is 0.160 e. The second-order valence-corrected chi connectivity index (χ2v) is 16.1. The highest BCUT2D eigenvalue weighted by molar-refractivity contribution is 6.13. The van der Waals surface area contributed by atoms with E-state index >= 15 is 0 Å². The van der Waals surface area contributed by atoms with Crippen LogP contribution in [0, 0.1) is 0 Å². The molecule has 0 saturated carbocycles. The zero-order chi connectivity index (χ0) is 41.0.